The quantitative estimate of drug-likeness (QED) is 0.439. The van der Waals surface area contributed by atoms with Gasteiger partial charge in [0.2, 0.25) is 5.91 Å². The molecule has 106 valence electrons. The van der Waals surface area contributed by atoms with E-state index in [-0.39, 0.29) is 17.2 Å². The summed E-state index contributed by atoms with van der Waals surface area (Å²) in [6, 6.07) is 0. The van der Waals surface area contributed by atoms with Gasteiger partial charge < -0.3 is 4.90 Å². The molecule has 0 fully saturated rings. The fourth-order valence-electron chi connectivity index (χ4n) is 2.95. The Kier molecular flexibility index (Phi) is 5.50. The molecule has 2 nitrogen and oxygen atoms in total. The molecule has 3 heteroatoms. The number of halogens is 1. The van der Waals surface area contributed by atoms with Crippen LogP contribution in [0.2, 0.25) is 0 Å². The topological polar surface area (TPSA) is 20.3 Å². The van der Waals surface area contributed by atoms with Crippen LogP contribution >= 0.6 is 11.6 Å². The van der Waals surface area contributed by atoms with Gasteiger partial charge in [0.15, 0.2) is 0 Å². The molecule has 0 aromatic heterocycles. The molecule has 1 amide bonds. The Morgan fingerprint density at radius 2 is 2.32 bits per heavy atom. The number of carbonyl (C=O) groups is 1. The number of amides is 1. The molecule has 2 atom stereocenters. The van der Waals surface area contributed by atoms with E-state index in [0.717, 1.165) is 12.8 Å². The molecule has 19 heavy (non-hydrogen) atoms. The van der Waals surface area contributed by atoms with Crippen molar-refractivity contribution in [1.82, 2.24) is 4.90 Å². The predicted molar refractivity (Wildman–Crippen MR) is 81.0 cm³/mol. The molecule has 1 rings (SSSR count). The summed E-state index contributed by atoms with van der Waals surface area (Å²) in [6.07, 6.45) is 9.46. The van der Waals surface area contributed by atoms with Crippen LogP contribution in [0.5, 0.6) is 0 Å². The summed E-state index contributed by atoms with van der Waals surface area (Å²) in [6.45, 7) is 9.42. The number of carbonyl (C=O) groups excluding carboxylic acids is 1. The van der Waals surface area contributed by atoms with Crippen molar-refractivity contribution in [2.75, 3.05) is 13.1 Å². The van der Waals surface area contributed by atoms with Crippen molar-refractivity contribution in [3.8, 4) is 12.3 Å². The fourth-order valence-corrected chi connectivity index (χ4v) is 3.25. The first-order valence-electron chi connectivity index (χ1n) is 6.84. The molecule has 0 aromatic rings. The molecule has 0 aromatic carbocycles. The highest BCUT2D eigenvalue weighted by atomic mass is 35.5. The molecule has 0 aliphatic heterocycles. The van der Waals surface area contributed by atoms with Crippen molar-refractivity contribution in [1.29, 1.82) is 0 Å². The molecule has 0 saturated heterocycles. The zero-order valence-corrected chi connectivity index (χ0v) is 13.1. The third-order valence-electron chi connectivity index (χ3n) is 3.63. The van der Waals surface area contributed by atoms with E-state index >= 15 is 0 Å². The summed E-state index contributed by atoms with van der Waals surface area (Å²) < 4.78 is 0. The SMILES string of the molecule is C#CCN(CC)C(=O)C(Cl)C1C=C(C)CC(C)(C)C1. The third kappa shape index (κ3) is 4.28. The van der Waals surface area contributed by atoms with Gasteiger partial charge in [-0.15, -0.1) is 18.0 Å². The van der Waals surface area contributed by atoms with Gasteiger partial charge in [-0.1, -0.05) is 31.4 Å². The van der Waals surface area contributed by atoms with Gasteiger partial charge in [-0.2, -0.15) is 0 Å². The van der Waals surface area contributed by atoms with Crippen LogP contribution in [0.4, 0.5) is 0 Å². The van der Waals surface area contributed by atoms with Gasteiger partial charge in [0.25, 0.3) is 0 Å². The van der Waals surface area contributed by atoms with Crippen molar-refractivity contribution in [2.45, 2.75) is 45.9 Å². The Balaban J connectivity index is 2.82. The second-order valence-corrected chi connectivity index (χ2v) is 6.65. The summed E-state index contributed by atoms with van der Waals surface area (Å²) in [5.74, 6) is 2.57. The lowest BCUT2D eigenvalue weighted by atomic mass is 9.72. The summed E-state index contributed by atoms with van der Waals surface area (Å²) in [7, 11) is 0. The average molecular weight is 282 g/mol. The number of allylic oxidation sites excluding steroid dienone is 2. The minimum atomic E-state index is -0.511. The number of hydrogen-bond acceptors (Lipinski definition) is 1. The highest BCUT2D eigenvalue weighted by Gasteiger charge is 2.35. The first-order valence-corrected chi connectivity index (χ1v) is 7.28. The lowest BCUT2D eigenvalue weighted by Gasteiger charge is -2.36. The van der Waals surface area contributed by atoms with Crippen molar-refractivity contribution < 1.29 is 4.79 Å². The van der Waals surface area contributed by atoms with Crippen molar-refractivity contribution in [2.24, 2.45) is 11.3 Å². The normalized spacial score (nSPS) is 23.2. The highest BCUT2D eigenvalue weighted by molar-refractivity contribution is 6.31. The van der Waals surface area contributed by atoms with Crippen LogP contribution in [0.25, 0.3) is 0 Å². The first kappa shape index (κ1) is 16.1. The van der Waals surface area contributed by atoms with Crippen LogP contribution in [-0.2, 0) is 4.79 Å². The minimum absolute atomic E-state index is 0.0473. The lowest BCUT2D eigenvalue weighted by Crippen LogP contribution is -2.41. The van der Waals surface area contributed by atoms with Gasteiger partial charge in [-0.05, 0) is 32.1 Å². The van der Waals surface area contributed by atoms with E-state index in [2.05, 4.69) is 32.8 Å². The number of nitrogens with zero attached hydrogens (tertiary/aromatic N) is 1. The molecule has 0 radical (unpaired) electrons. The zero-order valence-electron chi connectivity index (χ0n) is 12.4. The molecular weight excluding hydrogens is 258 g/mol. The second-order valence-electron chi connectivity index (χ2n) is 6.18. The van der Waals surface area contributed by atoms with E-state index in [9.17, 15) is 4.79 Å². The fraction of sp³-hybridized carbons (Fsp3) is 0.688. The highest BCUT2D eigenvalue weighted by Crippen LogP contribution is 2.40. The Bertz CT molecular complexity index is 405. The van der Waals surface area contributed by atoms with E-state index in [1.165, 1.54) is 5.57 Å². The van der Waals surface area contributed by atoms with Gasteiger partial charge in [-0.3, -0.25) is 4.79 Å². The lowest BCUT2D eigenvalue weighted by molar-refractivity contribution is -0.130. The van der Waals surface area contributed by atoms with Crippen LogP contribution in [0.3, 0.4) is 0 Å². The number of rotatable bonds is 4. The third-order valence-corrected chi connectivity index (χ3v) is 4.14. The van der Waals surface area contributed by atoms with Crippen molar-refractivity contribution >= 4 is 17.5 Å². The molecule has 0 bridgehead atoms. The summed E-state index contributed by atoms with van der Waals surface area (Å²) in [5, 5.41) is -0.511. The maximum Gasteiger partial charge on any atom is 0.242 e. The molecule has 1 aliphatic rings. The Morgan fingerprint density at radius 1 is 1.68 bits per heavy atom. The molecule has 0 spiro atoms. The van der Waals surface area contributed by atoms with Gasteiger partial charge >= 0.3 is 0 Å². The van der Waals surface area contributed by atoms with E-state index < -0.39 is 5.38 Å². The van der Waals surface area contributed by atoms with Crippen LogP contribution in [0, 0.1) is 23.7 Å². The van der Waals surface area contributed by atoms with E-state index in [0.29, 0.717) is 13.1 Å². The molecule has 2 unspecified atom stereocenters. The number of terminal acetylenes is 1. The number of hydrogen-bond donors (Lipinski definition) is 0. The zero-order chi connectivity index (χ0) is 14.6. The smallest absolute Gasteiger partial charge is 0.242 e. The minimum Gasteiger partial charge on any atom is -0.331 e. The largest absolute Gasteiger partial charge is 0.331 e. The van der Waals surface area contributed by atoms with Gasteiger partial charge in [0.05, 0.1) is 6.54 Å². The van der Waals surface area contributed by atoms with Gasteiger partial charge in [0.1, 0.15) is 5.38 Å². The van der Waals surface area contributed by atoms with Crippen LogP contribution in [0.15, 0.2) is 11.6 Å². The molecule has 0 N–H and O–H groups in total. The molecule has 1 aliphatic carbocycles. The molecule has 0 heterocycles. The standard InChI is InChI=1S/C16H24ClNO/c1-6-8-18(7-2)15(19)14(17)13-9-12(3)10-16(4,5)11-13/h1,9,13-14H,7-8,10-11H2,2-5H3. The average Bonchev–Trinajstić information content (AvgIpc) is 2.31. The first-order chi connectivity index (χ1) is 8.80. The predicted octanol–water partition coefficient (Wildman–Crippen LogP) is 3.46. The van der Waals surface area contributed by atoms with Crippen LogP contribution < -0.4 is 0 Å². The Hall–Kier alpha value is -0.940. The van der Waals surface area contributed by atoms with E-state index in [4.69, 9.17) is 18.0 Å². The van der Waals surface area contributed by atoms with Gasteiger partial charge in [-0.25, -0.2) is 0 Å². The maximum atomic E-state index is 12.4. The molecule has 0 saturated carbocycles. The van der Waals surface area contributed by atoms with Gasteiger partial charge in [0, 0.05) is 12.5 Å². The Morgan fingerprint density at radius 3 is 2.79 bits per heavy atom. The monoisotopic (exact) mass is 281 g/mol. The second kappa shape index (κ2) is 6.48. The van der Waals surface area contributed by atoms with E-state index in [1.54, 1.807) is 4.90 Å². The van der Waals surface area contributed by atoms with E-state index in [1.807, 2.05) is 6.92 Å². The van der Waals surface area contributed by atoms with Crippen LogP contribution in [-0.4, -0.2) is 29.3 Å². The Labute approximate surface area is 122 Å². The molecular formula is C16H24ClNO. The van der Waals surface area contributed by atoms with Crippen LogP contribution in [0.1, 0.15) is 40.5 Å². The maximum absolute atomic E-state index is 12.4. The summed E-state index contributed by atoms with van der Waals surface area (Å²) in [4.78, 5) is 14.0. The number of alkyl halides is 1. The summed E-state index contributed by atoms with van der Waals surface area (Å²) in [5.41, 5.74) is 1.53. The van der Waals surface area contributed by atoms with Crippen molar-refractivity contribution in [3.05, 3.63) is 11.6 Å². The van der Waals surface area contributed by atoms with Crippen molar-refractivity contribution in [3.63, 3.8) is 0 Å². The summed E-state index contributed by atoms with van der Waals surface area (Å²) >= 11 is 6.41.